The van der Waals surface area contributed by atoms with Crippen LogP contribution in [-0.4, -0.2) is 27.0 Å². The van der Waals surface area contributed by atoms with Crippen molar-refractivity contribution in [2.75, 3.05) is 0 Å². The van der Waals surface area contributed by atoms with Gasteiger partial charge >= 0.3 is 0 Å². The van der Waals surface area contributed by atoms with Gasteiger partial charge in [-0.3, -0.25) is 4.79 Å². The molecule has 1 unspecified atom stereocenters. The molecule has 3 heteroatoms. The summed E-state index contributed by atoms with van der Waals surface area (Å²) in [5, 5.41) is 0.419. The first kappa shape index (κ1) is 11.3. The molecule has 2 saturated heterocycles. The van der Waals surface area contributed by atoms with Crippen molar-refractivity contribution in [3.05, 3.63) is 0 Å². The highest BCUT2D eigenvalue weighted by atomic mass is 32.2. The summed E-state index contributed by atoms with van der Waals surface area (Å²) in [4.78, 5) is 14.2. The second kappa shape index (κ2) is 2.93. The first-order valence-electron chi connectivity index (χ1n) is 5.66. The van der Waals surface area contributed by atoms with Crippen LogP contribution in [0.2, 0.25) is 0 Å². The van der Waals surface area contributed by atoms with E-state index in [1.165, 1.54) is 0 Å². The average Bonchev–Trinajstić information content (AvgIpc) is 2.17. The lowest BCUT2D eigenvalue weighted by molar-refractivity contribution is -0.159. The molecule has 0 bridgehead atoms. The highest BCUT2D eigenvalue weighted by Crippen LogP contribution is 2.56. The summed E-state index contributed by atoms with van der Waals surface area (Å²) in [6.45, 7) is 13.2. The standard InChI is InChI=1S/C12H21NOS/c1-7-12(5,6)15-10-8(11(2,3)4)9(14)13(7)10/h7-8,10H,1-6H3/t7-,8+,10?/m0/s1. The summed E-state index contributed by atoms with van der Waals surface area (Å²) >= 11 is 1.97. The average molecular weight is 227 g/mol. The van der Waals surface area contributed by atoms with Crippen LogP contribution in [0.5, 0.6) is 0 Å². The molecule has 0 aromatic rings. The normalized spacial score (nSPS) is 38.9. The Bertz CT molecular complexity index is 305. The summed E-state index contributed by atoms with van der Waals surface area (Å²) in [6.07, 6.45) is 0. The summed E-state index contributed by atoms with van der Waals surface area (Å²) in [6, 6.07) is 0.374. The highest BCUT2D eigenvalue weighted by Gasteiger charge is 2.62. The fourth-order valence-corrected chi connectivity index (χ4v) is 4.56. The van der Waals surface area contributed by atoms with Crippen molar-refractivity contribution in [1.82, 2.24) is 4.90 Å². The number of amides is 1. The van der Waals surface area contributed by atoms with Gasteiger partial charge in [-0.2, -0.15) is 0 Å². The second-order valence-electron chi connectivity index (χ2n) is 6.38. The summed E-state index contributed by atoms with van der Waals surface area (Å²) in [5.41, 5.74) is 0.103. The van der Waals surface area contributed by atoms with Gasteiger partial charge in [-0.25, -0.2) is 0 Å². The van der Waals surface area contributed by atoms with Gasteiger partial charge in [0.1, 0.15) is 0 Å². The van der Waals surface area contributed by atoms with Gasteiger partial charge in [-0.15, -0.1) is 11.8 Å². The topological polar surface area (TPSA) is 20.3 Å². The van der Waals surface area contributed by atoms with Crippen molar-refractivity contribution >= 4 is 17.7 Å². The van der Waals surface area contributed by atoms with Crippen molar-refractivity contribution in [3.8, 4) is 0 Å². The maximum atomic E-state index is 12.1. The number of thioether (sulfide) groups is 1. The fourth-order valence-electron chi connectivity index (χ4n) is 2.57. The van der Waals surface area contributed by atoms with Gasteiger partial charge in [0, 0.05) is 10.8 Å². The van der Waals surface area contributed by atoms with Gasteiger partial charge in [0.15, 0.2) is 0 Å². The third-order valence-corrected chi connectivity index (χ3v) is 5.55. The monoisotopic (exact) mass is 227 g/mol. The molecule has 0 aromatic carbocycles. The van der Waals surface area contributed by atoms with E-state index in [1.54, 1.807) is 0 Å². The number of rotatable bonds is 0. The predicted octanol–water partition coefficient (Wildman–Crippen LogP) is 2.73. The molecule has 0 aliphatic carbocycles. The van der Waals surface area contributed by atoms with E-state index < -0.39 is 0 Å². The Kier molecular flexibility index (Phi) is 2.21. The van der Waals surface area contributed by atoms with Gasteiger partial charge in [-0.05, 0) is 26.2 Å². The zero-order valence-electron chi connectivity index (χ0n) is 10.5. The molecule has 2 aliphatic heterocycles. The molecule has 3 atom stereocenters. The highest BCUT2D eigenvalue weighted by molar-refractivity contribution is 8.01. The summed E-state index contributed by atoms with van der Waals surface area (Å²) < 4.78 is 0.209. The number of β-lactam (4-membered cyclic amide) rings is 1. The molecule has 0 radical (unpaired) electrons. The van der Waals surface area contributed by atoms with Crippen LogP contribution in [0, 0.1) is 11.3 Å². The van der Waals surface area contributed by atoms with E-state index in [0.717, 1.165) is 0 Å². The van der Waals surface area contributed by atoms with E-state index >= 15 is 0 Å². The zero-order chi connectivity index (χ0) is 11.6. The lowest BCUT2D eigenvalue weighted by atomic mass is 9.74. The van der Waals surface area contributed by atoms with Crippen LogP contribution < -0.4 is 0 Å². The van der Waals surface area contributed by atoms with E-state index in [1.807, 2.05) is 11.8 Å². The van der Waals surface area contributed by atoms with E-state index in [-0.39, 0.29) is 16.1 Å². The number of carbonyl (C=O) groups excluding carboxylic acids is 1. The number of nitrogens with zero attached hydrogens (tertiary/aromatic N) is 1. The van der Waals surface area contributed by atoms with E-state index in [4.69, 9.17) is 0 Å². The van der Waals surface area contributed by atoms with Gasteiger partial charge < -0.3 is 4.90 Å². The Morgan fingerprint density at radius 2 is 1.87 bits per heavy atom. The molecule has 2 heterocycles. The molecule has 2 fully saturated rings. The smallest absolute Gasteiger partial charge is 0.230 e. The number of fused-ring (bicyclic) bond motifs is 1. The zero-order valence-corrected chi connectivity index (χ0v) is 11.3. The lowest BCUT2D eigenvalue weighted by Gasteiger charge is -2.49. The maximum absolute atomic E-state index is 12.1. The van der Waals surface area contributed by atoms with E-state index in [9.17, 15) is 4.79 Å². The van der Waals surface area contributed by atoms with Crippen LogP contribution in [0.15, 0.2) is 0 Å². The largest absolute Gasteiger partial charge is 0.325 e. The van der Waals surface area contributed by atoms with Crippen molar-refractivity contribution in [2.45, 2.75) is 57.7 Å². The Balaban J connectivity index is 2.24. The molecule has 0 aromatic heterocycles. The van der Waals surface area contributed by atoms with Gasteiger partial charge in [-0.1, -0.05) is 20.8 Å². The van der Waals surface area contributed by atoms with Crippen molar-refractivity contribution < 1.29 is 4.79 Å². The van der Waals surface area contributed by atoms with Crippen LogP contribution in [0.4, 0.5) is 0 Å². The second-order valence-corrected chi connectivity index (χ2v) is 8.15. The van der Waals surface area contributed by atoms with Crippen molar-refractivity contribution in [3.63, 3.8) is 0 Å². The summed E-state index contributed by atoms with van der Waals surface area (Å²) in [5.74, 6) is 0.574. The Morgan fingerprint density at radius 1 is 1.33 bits per heavy atom. The predicted molar refractivity (Wildman–Crippen MR) is 64.7 cm³/mol. The molecular formula is C12H21NOS. The Morgan fingerprint density at radius 3 is 2.33 bits per heavy atom. The van der Waals surface area contributed by atoms with Crippen molar-refractivity contribution in [1.29, 1.82) is 0 Å². The van der Waals surface area contributed by atoms with Gasteiger partial charge in [0.25, 0.3) is 0 Å². The van der Waals surface area contributed by atoms with Crippen LogP contribution in [-0.2, 0) is 4.79 Å². The molecule has 15 heavy (non-hydrogen) atoms. The number of carbonyl (C=O) groups is 1. The minimum Gasteiger partial charge on any atom is -0.325 e. The van der Waals surface area contributed by atoms with E-state index in [2.05, 4.69) is 46.4 Å². The third kappa shape index (κ3) is 1.42. The fraction of sp³-hybridized carbons (Fsp3) is 0.917. The molecule has 0 spiro atoms. The first-order chi connectivity index (χ1) is 6.66. The number of hydrogen-bond donors (Lipinski definition) is 0. The molecule has 0 saturated carbocycles. The third-order valence-electron chi connectivity index (χ3n) is 3.86. The minimum absolute atomic E-state index is 0.103. The Labute approximate surface area is 96.8 Å². The quantitative estimate of drug-likeness (QED) is 0.593. The minimum atomic E-state index is 0.103. The van der Waals surface area contributed by atoms with Crippen LogP contribution in [0.3, 0.4) is 0 Å². The van der Waals surface area contributed by atoms with Crippen LogP contribution in [0.1, 0.15) is 41.5 Å². The molecule has 2 rings (SSSR count). The van der Waals surface area contributed by atoms with Crippen LogP contribution in [0.25, 0.3) is 0 Å². The lowest BCUT2D eigenvalue weighted by Crippen LogP contribution is -2.63. The molecular weight excluding hydrogens is 206 g/mol. The molecule has 86 valence electrons. The maximum Gasteiger partial charge on any atom is 0.230 e. The van der Waals surface area contributed by atoms with Crippen LogP contribution >= 0.6 is 11.8 Å². The van der Waals surface area contributed by atoms with Gasteiger partial charge in [0.05, 0.1) is 11.3 Å². The molecule has 2 nitrogen and oxygen atoms in total. The molecule has 0 N–H and O–H groups in total. The molecule has 2 aliphatic rings. The Hall–Kier alpha value is -0.180. The number of hydrogen-bond acceptors (Lipinski definition) is 2. The summed E-state index contributed by atoms with van der Waals surface area (Å²) in [7, 11) is 0. The van der Waals surface area contributed by atoms with Gasteiger partial charge in [0.2, 0.25) is 5.91 Å². The van der Waals surface area contributed by atoms with E-state index in [0.29, 0.717) is 17.3 Å². The molecule has 1 amide bonds. The van der Waals surface area contributed by atoms with Crippen molar-refractivity contribution in [2.24, 2.45) is 11.3 Å². The SMILES string of the molecule is C[C@@H]1N2C(=O)[C@@H](C(C)(C)C)C2SC1(C)C. The first-order valence-corrected chi connectivity index (χ1v) is 6.54.